The van der Waals surface area contributed by atoms with Gasteiger partial charge in [-0.15, -0.1) is 11.8 Å². The van der Waals surface area contributed by atoms with Crippen molar-refractivity contribution in [1.82, 2.24) is 0 Å². The van der Waals surface area contributed by atoms with Crippen LogP contribution in [0.25, 0.3) is 0 Å². The number of hydrogen-bond donors (Lipinski definition) is 1. The fourth-order valence-corrected chi connectivity index (χ4v) is 2.02. The maximum absolute atomic E-state index is 10.8. The number of rotatable bonds is 8. The van der Waals surface area contributed by atoms with Gasteiger partial charge in [0.2, 0.25) is 0 Å². The second kappa shape index (κ2) is 8.12. The van der Waals surface area contributed by atoms with Crippen LogP contribution in [0.1, 0.15) is 27.2 Å². The summed E-state index contributed by atoms with van der Waals surface area (Å²) in [5.41, 5.74) is 0. The number of aliphatic carboxylic acids is 1. The standard InChI is InChI=1S/C10H20O3S/c1-4-5-13-6-7-14-9(8(2)3)10(11)12/h8-9H,4-7H2,1-3H3,(H,11,12). The van der Waals surface area contributed by atoms with E-state index in [2.05, 4.69) is 6.92 Å². The number of thioether (sulfide) groups is 1. The van der Waals surface area contributed by atoms with Crippen molar-refractivity contribution >= 4 is 17.7 Å². The SMILES string of the molecule is CCCOCCSC(C(=O)O)C(C)C. The van der Waals surface area contributed by atoms with E-state index in [9.17, 15) is 4.79 Å². The summed E-state index contributed by atoms with van der Waals surface area (Å²) in [6, 6.07) is 0. The average Bonchev–Trinajstić information content (AvgIpc) is 2.09. The van der Waals surface area contributed by atoms with Crippen LogP contribution >= 0.6 is 11.8 Å². The van der Waals surface area contributed by atoms with Crippen LogP contribution in [0.15, 0.2) is 0 Å². The molecule has 0 aliphatic rings. The zero-order chi connectivity index (χ0) is 11.0. The van der Waals surface area contributed by atoms with Gasteiger partial charge in [-0.1, -0.05) is 20.8 Å². The fraction of sp³-hybridized carbons (Fsp3) is 0.900. The van der Waals surface area contributed by atoms with Crippen molar-refractivity contribution in [1.29, 1.82) is 0 Å². The number of carbonyl (C=O) groups is 1. The van der Waals surface area contributed by atoms with Gasteiger partial charge >= 0.3 is 5.97 Å². The second-order valence-electron chi connectivity index (χ2n) is 3.49. The lowest BCUT2D eigenvalue weighted by molar-refractivity contribution is -0.137. The Hall–Kier alpha value is -0.220. The lowest BCUT2D eigenvalue weighted by Gasteiger charge is -2.15. The minimum Gasteiger partial charge on any atom is -0.480 e. The van der Waals surface area contributed by atoms with Gasteiger partial charge in [-0.2, -0.15) is 0 Å². The molecule has 0 amide bonds. The lowest BCUT2D eigenvalue weighted by atomic mass is 10.1. The van der Waals surface area contributed by atoms with E-state index in [1.165, 1.54) is 11.8 Å². The molecule has 0 rings (SSSR count). The van der Waals surface area contributed by atoms with Crippen molar-refractivity contribution in [2.45, 2.75) is 32.4 Å². The molecule has 14 heavy (non-hydrogen) atoms. The van der Waals surface area contributed by atoms with Crippen LogP contribution in [-0.2, 0) is 9.53 Å². The molecule has 0 saturated carbocycles. The van der Waals surface area contributed by atoms with Gasteiger partial charge in [0, 0.05) is 12.4 Å². The van der Waals surface area contributed by atoms with Crippen LogP contribution < -0.4 is 0 Å². The van der Waals surface area contributed by atoms with Gasteiger partial charge in [0.25, 0.3) is 0 Å². The van der Waals surface area contributed by atoms with Crippen LogP contribution in [0, 0.1) is 5.92 Å². The van der Waals surface area contributed by atoms with E-state index in [4.69, 9.17) is 9.84 Å². The quantitative estimate of drug-likeness (QED) is 0.637. The Morgan fingerprint density at radius 2 is 2.07 bits per heavy atom. The maximum atomic E-state index is 10.8. The number of hydrogen-bond acceptors (Lipinski definition) is 3. The summed E-state index contributed by atoms with van der Waals surface area (Å²) in [5, 5.41) is 8.58. The van der Waals surface area contributed by atoms with E-state index >= 15 is 0 Å². The van der Waals surface area contributed by atoms with Gasteiger partial charge < -0.3 is 9.84 Å². The molecule has 0 fully saturated rings. The third-order valence-electron chi connectivity index (χ3n) is 1.72. The van der Waals surface area contributed by atoms with Gasteiger partial charge in [0.1, 0.15) is 5.25 Å². The first-order chi connectivity index (χ1) is 6.59. The largest absolute Gasteiger partial charge is 0.480 e. The molecule has 0 heterocycles. The first kappa shape index (κ1) is 13.8. The van der Waals surface area contributed by atoms with Gasteiger partial charge in [0.05, 0.1) is 6.61 Å². The zero-order valence-electron chi connectivity index (χ0n) is 9.16. The van der Waals surface area contributed by atoms with Crippen LogP contribution in [0.2, 0.25) is 0 Å². The summed E-state index contributed by atoms with van der Waals surface area (Å²) >= 11 is 1.46. The van der Waals surface area contributed by atoms with Gasteiger partial charge in [0.15, 0.2) is 0 Å². The van der Waals surface area contributed by atoms with Crippen molar-refractivity contribution in [3.8, 4) is 0 Å². The van der Waals surface area contributed by atoms with E-state index < -0.39 is 5.97 Å². The van der Waals surface area contributed by atoms with Crippen molar-refractivity contribution in [3.05, 3.63) is 0 Å². The van der Waals surface area contributed by atoms with E-state index in [1.54, 1.807) is 0 Å². The Labute approximate surface area is 90.2 Å². The summed E-state index contributed by atoms with van der Waals surface area (Å²) in [6.07, 6.45) is 1.01. The highest BCUT2D eigenvalue weighted by Crippen LogP contribution is 2.19. The highest BCUT2D eigenvalue weighted by Gasteiger charge is 2.21. The second-order valence-corrected chi connectivity index (χ2v) is 4.74. The third kappa shape index (κ3) is 6.27. The van der Waals surface area contributed by atoms with E-state index in [0.29, 0.717) is 6.61 Å². The Morgan fingerprint density at radius 3 is 2.50 bits per heavy atom. The summed E-state index contributed by atoms with van der Waals surface area (Å²) in [6.45, 7) is 7.33. The summed E-state index contributed by atoms with van der Waals surface area (Å²) < 4.78 is 5.28. The Bertz CT molecular complexity index is 159. The monoisotopic (exact) mass is 220 g/mol. The molecule has 1 N–H and O–H groups in total. The molecule has 0 spiro atoms. The zero-order valence-corrected chi connectivity index (χ0v) is 9.97. The fourth-order valence-electron chi connectivity index (χ4n) is 1.03. The molecular formula is C10H20O3S. The molecule has 1 atom stereocenters. The van der Waals surface area contributed by atoms with E-state index in [0.717, 1.165) is 18.8 Å². The van der Waals surface area contributed by atoms with Crippen molar-refractivity contribution in [3.63, 3.8) is 0 Å². The summed E-state index contributed by atoms with van der Waals surface area (Å²) in [4.78, 5) is 10.8. The number of carboxylic acids is 1. The molecule has 0 bridgehead atoms. The Balaban J connectivity index is 3.57. The lowest BCUT2D eigenvalue weighted by Crippen LogP contribution is -2.23. The molecule has 0 aliphatic carbocycles. The molecule has 84 valence electrons. The smallest absolute Gasteiger partial charge is 0.316 e. The number of carboxylic acid groups (broad SMARTS) is 1. The van der Waals surface area contributed by atoms with Crippen molar-refractivity contribution in [2.24, 2.45) is 5.92 Å². The average molecular weight is 220 g/mol. The minimum absolute atomic E-state index is 0.170. The maximum Gasteiger partial charge on any atom is 0.316 e. The van der Waals surface area contributed by atoms with Crippen molar-refractivity contribution in [2.75, 3.05) is 19.0 Å². The minimum atomic E-state index is -0.722. The van der Waals surface area contributed by atoms with E-state index in [-0.39, 0.29) is 11.2 Å². The van der Waals surface area contributed by atoms with Gasteiger partial charge in [-0.25, -0.2) is 0 Å². The third-order valence-corrected chi connectivity index (χ3v) is 3.23. The topological polar surface area (TPSA) is 46.5 Å². The first-order valence-electron chi connectivity index (χ1n) is 5.01. The Morgan fingerprint density at radius 1 is 1.43 bits per heavy atom. The molecule has 0 aromatic rings. The molecule has 0 aromatic carbocycles. The van der Waals surface area contributed by atoms with E-state index in [1.807, 2.05) is 13.8 Å². The highest BCUT2D eigenvalue weighted by atomic mass is 32.2. The molecule has 3 nitrogen and oxygen atoms in total. The molecular weight excluding hydrogens is 200 g/mol. The van der Waals surface area contributed by atoms with Crippen LogP contribution in [-0.4, -0.2) is 35.3 Å². The van der Waals surface area contributed by atoms with Gasteiger partial charge in [-0.3, -0.25) is 4.79 Å². The first-order valence-corrected chi connectivity index (χ1v) is 6.06. The highest BCUT2D eigenvalue weighted by molar-refractivity contribution is 8.00. The molecule has 0 aromatic heterocycles. The predicted molar refractivity (Wildman–Crippen MR) is 59.8 cm³/mol. The van der Waals surface area contributed by atoms with Crippen LogP contribution in [0.4, 0.5) is 0 Å². The van der Waals surface area contributed by atoms with Gasteiger partial charge in [-0.05, 0) is 12.3 Å². The number of ether oxygens (including phenoxy) is 1. The molecule has 0 aliphatic heterocycles. The molecule has 0 saturated heterocycles. The van der Waals surface area contributed by atoms with Crippen LogP contribution in [0.5, 0.6) is 0 Å². The van der Waals surface area contributed by atoms with Crippen molar-refractivity contribution < 1.29 is 14.6 Å². The summed E-state index contributed by atoms with van der Waals surface area (Å²) in [5.74, 6) is 0.207. The normalized spacial score (nSPS) is 13.1. The molecule has 4 heteroatoms. The van der Waals surface area contributed by atoms with Crippen LogP contribution in [0.3, 0.4) is 0 Å². The summed E-state index contributed by atoms with van der Waals surface area (Å²) in [7, 11) is 0. The molecule has 0 radical (unpaired) electrons. The molecule has 1 unspecified atom stereocenters. The Kier molecular flexibility index (Phi) is 7.99. The predicted octanol–water partition coefficient (Wildman–Crippen LogP) is 2.26.